The molecule has 0 unspecified atom stereocenters. The average molecular weight is 268 g/mol. The number of piperidine rings is 1. The largest absolute Gasteiger partial charge is 0.378 e. The zero-order valence-corrected chi connectivity index (χ0v) is 11.6. The van der Waals surface area contributed by atoms with E-state index in [1.807, 2.05) is 6.07 Å². The normalized spacial score (nSPS) is 15.1. The van der Waals surface area contributed by atoms with Gasteiger partial charge < -0.3 is 10.2 Å². The minimum absolute atomic E-state index is 0.657. The van der Waals surface area contributed by atoms with Crippen LogP contribution < -0.4 is 10.2 Å². The topological polar surface area (TPSA) is 41.1 Å². The van der Waals surface area contributed by atoms with Crippen LogP contribution in [-0.4, -0.2) is 23.1 Å². The standard InChI is InChI=1S/C16H20N4/c1-2-11-20(12-3-1)15-7-5-14(6-8-15)19-13-16-17-9-4-10-18-16/h4-10,19H,1-3,11-13H2. The molecule has 1 saturated heterocycles. The molecule has 1 aliphatic rings. The van der Waals surface area contributed by atoms with Crippen LogP contribution in [0.5, 0.6) is 0 Å². The first-order chi connectivity index (χ1) is 9.92. The minimum Gasteiger partial charge on any atom is -0.378 e. The summed E-state index contributed by atoms with van der Waals surface area (Å²) in [7, 11) is 0. The van der Waals surface area contributed by atoms with Crippen LogP contribution in [-0.2, 0) is 6.54 Å². The fourth-order valence-corrected chi connectivity index (χ4v) is 2.54. The second-order valence-electron chi connectivity index (χ2n) is 5.11. The smallest absolute Gasteiger partial charge is 0.147 e. The molecule has 0 atom stereocenters. The Hall–Kier alpha value is -2.10. The lowest BCUT2D eigenvalue weighted by atomic mass is 10.1. The lowest BCUT2D eigenvalue weighted by Crippen LogP contribution is -2.29. The van der Waals surface area contributed by atoms with E-state index in [4.69, 9.17) is 0 Å². The second kappa shape index (κ2) is 6.37. The summed E-state index contributed by atoms with van der Waals surface area (Å²) < 4.78 is 0. The highest BCUT2D eigenvalue weighted by molar-refractivity contribution is 5.55. The Balaban J connectivity index is 1.58. The molecule has 1 fully saturated rings. The summed E-state index contributed by atoms with van der Waals surface area (Å²) in [4.78, 5) is 10.9. The molecule has 0 bridgehead atoms. The molecule has 0 radical (unpaired) electrons. The van der Waals surface area contributed by atoms with Crippen LogP contribution in [0.25, 0.3) is 0 Å². The van der Waals surface area contributed by atoms with Gasteiger partial charge in [-0.1, -0.05) is 0 Å². The fraction of sp³-hybridized carbons (Fsp3) is 0.375. The number of nitrogens with one attached hydrogen (secondary N) is 1. The summed E-state index contributed by atoms with van der Waals surface area (Å²) in [5.74, 6) is 0.813. The van der Waals surface area contributed by atoms with Crippen LogP contribution in [0.3, 0.4) is 0 Å². The van der Waals surface area contributed by atoms with Crippen LogP contribution in [0.15, 0.2) is 42.7 Å². The molecule has 0 amide bonds. The fourth-order valence-electron chi connectivity index (χ4n) is 2.54. The van der Waals surface area contributed by atoms with E-state index >= 15 is 0 Å². The Morgan fingerprint density at radius 3 is 2.35 bits per heavy atom. The Bertz CT molecular complexity index is 518. The van der Waals surface area contributed by atoms with Crippen molar-refractivity contribution in [3.63, 3.8) is 0 Å². The highest BCUT2D eigenvalue weighted by Gasteiger charge is 2.10. The van der Waals surface area contributed by atoms with Gasteiger partial charge in [0.15, 0.2) is 0 Å². The van der Waals surface area contributed by atoms with Crippen molar-refractivity contribution in [1.82, 2.24) is 9.97 Å². The van der Waals surface area contributed by atoms with Crippen LogP contribution in [0.2, 0.25) is 0 Å². The van der Waals surface area contributed by atoms with Crippen molar-refractivity contribution in [2.45, 2.75) is 25.8 Å². The number of hydrogen-bond acceptors (Lipinski definition) is 4. The van der Waals surface area contributed by atoms with E-state index in [0.29, 0.717) is 6.54 Å². The first-order valence-electron chi connectivity index (χ1n) is 7.26. The van der Waals surface area contributed by atoms with E-state index in [0.717, 1.165) is 11.5 Å². The van der Waals surface area contributed by atoms with E-state index in [9.17, 15) is 0 Å². The van der Waals surface area contributed by atoms with Gasteiger partial charge in [0.1, 0.15) is 5.82 Å². The first kappa shape index (κ1) is 12.9. The Morgan fingerprint density at radius 1 is 0.950 bits per heavy atom. The molecule has 1 aromatic carbocycles. The summed E-state index contributed by atoms with van der Waals surface area (Å²) >= 11 is 0. The average Bonchev–Trinajstić information content (AvgIpc) is 2.55. The number of benzene rings is 1. The molecule has 4 nitrogen and oxygen atoms in total. The Labute approximate surface area is 119 Å². The van der Waals surface area contributed by atoms with Crippen LogP contribution in [0.4, 0.5) is 11.4 Å². The third kappa shape index (κ3) is 3.26. The molecular weight excluding hydrogens is 248 g/mol. The molecule has 0 saturated carbocycles. The van der Waals surface area contributed by atoms with Crippen molar-refractivity contribution < 1.29 is 0 Å². The van der Waals surface area contributed by atoms with Gasteiger partial charge >= 0.3 is 0 Å². The third-order valence-electron chi connectivity index (χ3n) is 3.66. The summed E-state index contributed by atoms with van der Waals surface area (Å²) in [6.07, 6.45) is 7.52. The highest BCUT2D eigenvalue weighted by atomic mass is 15.1. The first-order valence-corrected chi connectivity index (χ1v) is 7.26. The molecule has 2 aromatic rings. The summed E-state index contributed by atoms with van der Waals surface area (Å²) in [5.41, 5.74) is 2.43. The Kier molecular flexibility index (Phi) is 4.11. The molecule has 3 rings (SSSR count). The van der Waals surface area contributed by atoms with Gasteiger partial charge in [0, 0.05) is 36.9 Å². The maximum Gasteiger partial charge on any atom is 0.147 e. The van der Waals surface area contributed by atoms with Crippen LogP contribution in [0.1, 0.15) is 25.1 Å². The Morgan fingerprint density at radius 2 is 1.65 bits per heavy atom. The molecule has 0 aliphatic carbocycles. The van der Waals surface area contributed by atoms with E-state index in [1.165, 1.54) is 38.0 Å². The molecule has 1 aromatic heterocycles. The molecule has 4 heteroatoms. The van der Waals surface area contributed by atoms with Crippen molar-refractivity contribution in [2.75, 3.05) is 23.3 Å². The SMILES string of the molecule is c1cnc(CNc2ccc(N3CCCCC3)cc2)nc1. The van der Waals surface area contributed by atoms with Crippen LogP contribution in [0, 0.1) is 0 Å². The number of aromatic nitrogens is 2. The van der Waals surface area contributed by atoms with Gasteiger partial charge in [0.05, 0.1) is 6.54 Å². The van der Waals surface area contributed by atoms with Gasteiger partial charge in [-0.15, -0.1) is 0 Å². The molecule has 1 N–H and O–H groups in total. The molecule has 20 heavy (non-hydrogen) atoms. The number of nitrogens with zero attached hydrogens (tertiary/aromatic N) is 3. The van der Waals surface area contributed by atoms with Gasteiger partial charge in [0.2, 0.25) is 0 Å². The van der Waals surface area contributed by atoms with Gasteiger partial charge in [-0.25, -0.2) is 9.97 Å². The summed E-state index contributed by atoms with van der Waals surface area (Å²) in [6.45, 7) is 3.03. The molecule has 104 valence electrons. The second-order valence-corrected chi connectivity index (χ2v) is 5.11. The molecular formula is C16H20N4. The highest BCUT2D eigenvalue weighted by Crippen LogP contribution is 2.21. The van der Waals surface area contributed by atoms with Gasteiger partial charge in [-0.05, 0) is 49.6 Å². The predicted molar refractivity (Wildman–Crippen MR) is 81.9 cm³/mol. The minimum atomic E-state index is 0.657. The number of hydrogen-bond donors (Lipinski definition) is 1. The van der Waals surface area contributed by atoms with E-state index < -0.39 is 0 Å². The van der Waals surface area contributed by atoms with Gasteiger partial charge in [-0.3, -0.25) is 0 Å². The maximum atomic E-state index is 4.20. The molecule has 0 spiro atoms. The van der Waals surface area contributed by atoms with Crippen molar-refractivity contribution in [3.05, 3.63) is 48.5 Å². The van der Waals surface area contributed by atoms with Crippen molar-refractivity contribution in [3.8, 4) is 0 Å². The zero-order valence-electron chi connectivity index (χ0n) is 11.6. The van der Waals surface area contributed by atoms with E-state index in [1.54, 1.807) is 12.4 Å². The summed E-state index contributed by atoms with van der Waals surface area (Å²) in [6, 6.07) is 10.5. The van der Waals surface area contributed by atoms with Crippen molar-refractivity contribution in [2.24, 2.45) is 0 Å². The zero-order chi connectivity index (χ0) is 13.6. The van der Waals surface area contributed by atoms with E-state index in [-0.39, 0.29) is 0 Å². The van der Waals surface area contributed by atoms with Crippen molar-refractivity contribution in [1.29, 1.82) is 0 Å². The monoisotopic (exact) mass is 268 g/mol. The quantitative estimate of drug-likeness (QED) is 0.925. The van der Waals surface area contributed by atoms with E-state index in [2.05, 4.69) is 44.5 Å². The molecule has 2 heterocycles. The summed E-state index contributed by atoms with van der Waals surface area (Å²) in [5, 5.41) is 3.35. The van der Waals surface area contributed by atoms with Gasteiger partial charge in [-0.2, -0.15) is 0 Å². The number of anilines is 2. The molecule has 1 aliphatic heterocycles. The number of rotatable bonds is 4. The predicted octanol–water partition coefficient (Wildman–Crippen LogP) is 3.08. The lowest BCUT2D eigenvalue weighted by Gasteiger charge is -2.28. The van der Waals surface area contributed by atoms with Crippen LogP contribution >= 0.6 is 0 Å². The van der Waals surface area contributed by atoms with Gasteiger partial charge in [0.25, 0.3) is 0 Å². The third-order valence-corrected chi connectivity index (χ3v) is 3.66. The lowest BCUT2D eigenvalue weighted by molar-refractivity contribution is 0.578. The van der Waals surface area contributed by atoms with Crippen molar-refractivity contribution >= 4 is 11.4 Å². The maximum absolute atomic E-state index is 4.20.